The van der Waals surface area contributed by atoms with Crippen molar-refractivity contribution in [2.45, 2.75) is 13.0 Å². The number of aliphatic hydroxyl groups is 1. The fourth-order valence-electron chi connectivity index (χ4n) is 1.21. The molecule has 0 amide bonds. The first-order valence-corrected chi connectivity index (χ1v) is 4.61. The molecule has 0 aliphatic rings. The van der Waals surface area contributed by atoms with E-state index in [2.05, 4.69) is 11.7 Å². The van der Waals surface area contributed by atoms with Gasteiger partial charge in [0.1, 0.15) is 6.10 Å². The Morgan fingerprint density at radius 3 is 3.07 bits per heavy atom. The minimum absolute atomic E-state index is 0.131. The molecule has 0 aromatic carbocycles. The van der Waals surface area contributed by atoms with Crippen molar-refractivity contribution in [1.29, 1.82) is 0 Å². The predicted octanol–water partition coefficient (Wildman–Crippen LogP) is 0.816. The Bertz CT molecular complexity index is 371. The van der Waals surface area contributed by atoms with Crippen molar-refractivity contribution in [2.24, 2.45) is 7.05 Å². The van der Waals surface area contributed by atoms with Crippen LogP contribution < -0.4 is 0 Å². The molecule has 0 spiro atoms. The predicted molar refractivity (Wildman–Crippen MR) is 54.3 cm³/mol. The van der Waals surface area contributed by atoms with Crippen molar-refractivity contribution in [1.82, 2.24) is 9.78 Å². The number of aromatic nitrogens is 2. The summed E-state index contributed by atoms with van der Waals surface area (Å²) in [5.41, 5.74) is 0.540. The molecule has 0 aliphatic carbocycles. The maximum atomic E-state index is 11.5. The van der Waals surface area contributed by atoms with Crippen LogP contribution in [0.2, 0.25) is 0 Å². The molecule has 1 atom stereocenters. The van der Waals surface area contributed by atoms with Gasteiger partial charge in [0.15, 0.2) is 5.69 Å². The quantitative estimate of drug-likeness (QED) is 0.590. The lowest BCUT2D eigenvalue weighted by molar-refractivity contribution is 0.0513. The molecule has 15 heavy (non-hydrogen) atoms. The molecular weight excluding hydrogens is 196 g/mol. The van der Waals surface area contributed by atoms with Gasteiger partial charge in [0.05, 0.1) is 6.61 Å². The van der Waals surface area contributed by atoms with Crippen LogP contribution in [0.15, 0.2) is 18.9 Å². The van der Waals surface area contributed by atoms with E-state index in [0.717, 1.165) is 0 Å². The van der Waals surface area contributed by atoms with Crippen LogP contribution in [0, 0.1) is 0 Å². The summed E-state index contributed by atoms with van der Waals surface area (Å²) in [6.45, 7) is 5.44. The van der Waals surface area contributed by atoms with Crippen LogP contribution in [0.25, 0.3) is 0 Å². The number of hydrogen-bond acceptors (Lipinski definition) is 4. The van der Waals surface area contributed by atoms with Crippen molar-refractivity contribution in [3.05, 3.63) is 30.1 Å². The van der Waals surface area contributed by atoms with Crippen LogP contribution in [-0.4, -0.2) is 27.5 Å². The molecule has 0 saturated carbocycles. The third-order valence-corrected chi connectivity index (χ3v) is 1.87. The van der Waals surface area contributed by atoms with Crippen molar-refractivity contribution in [3.63, 3.8) is 0 Å². The van der Waals surface area contributed by atoms with Gasteiger partial charge < -0.3 is 9.84 Å². The highest BCUT2D eigenvalue weighted by molar-refractivity contribution is 5.89. The molecule has 0 fully saturated rings. The van der Waals surface area contributed by atoms with Crippen molar-refractivity contribution in [3.8, 4) is 0 Å². The summed E-state index contributed by atoms with van der Waals surface area (Å²) in [6, 6.07) is 0. The fraction of sp³-hybridized carbons (Fsp3) is 0.400. The van der Waals surface area contributed by atoms with Crippen molar-refractivity contribution >= 4 is 5.97 Å². The van der Waals surface area contributed by atoms with Gasteiger partial charge in [-0.05, 0) is 6.92 Å². The molecule has 5 heteroatoms. The molecule has 0 aliphatic heterocycles. The number of carbonyl (C=O) groups excluding carboxylic acids is 1. The molecule has 1 unspecified atom stereocenters. The van der Waals surface area contributed by atoms with E-state index in [1.54, 1.807) is 20.2 Å². The van der Waals surface area contributed by atoms with Crippen LogP contribution >= 0.6 is 0 Å². The third kappa shape index (κ3) is 2.44. The molecule has 0 saturated heterocycles. The summed E-state index contributed by atoms with van der Waals surface area (Å²) in [5, 5.41) is 13.5. The standard InChI is InChI=1S/C10H14N2O3/c1-4-8(13)7-6-12(3)11-9(7)10(14)15-5-2/h4,6,8,13H,1,5H2,2-3H3. The van der Waals surface area contributed by atoms with E-state index >= 15 is 0 Å². The lowest BCUT2D eigenvalue weighted by atomic mass is 10.1. The van der Waals surface area contributed by atoms with Gasteiger partial charge in [0, 0.05) is 18.8 Å². The molecular formula is C10H14N2O3. The minimum Gasteiger partial charge on any atom is -0.461 e. The number of aryl methyl sites for hydroxylation is 1. The van der Waals surface area contributed by atoms with E-state index in [4.69, 9.17) is 4.74 Å². The monoisotopic (exact) mass is 210 g/mol. The number of hydrogen-bond donors (Lipinski definition) is 1. The Morgan fingerprint density at radius 2 is 2.53 bits per heavy atom. The normalized spacial score (nSPS) is 12.2. The van der Waals surface area contributed by atoms with Crippen LogP contribution in [-0.2, 0) is 11.8 Å². The van der Waals surface area contributed by atoms with Crippen LogP contribution in [0.4, 0.5) is 0 Å². The van der Waals surface area contributed by atoms with E-state index in [1.807, 2.05) is 0 Å². The molecule has 1 rings (SSSR count). The fourth-order valence-corrected chi connectivity index (χ4v) is 1.21. The SMILES string of the molecule is C=CC(O)c1cn(C)nc1C(=O)OCC. The molecule has 1 N–H and O–H groups in total. The number of nitrogens with zero attached hydrogens (tertiary/aromatic N) is 2. The smallest absolute Gasteiger partial charge is 0.359 e. The Hall–Kier alpha value is -1.62. The zero-order valence-corrected chi connectivity index (χ0v) is 8.80. The summed E-state index contributed by atoms with van der Waals surface area (Å²) >= 11 is 0. The second-order valence-corrected chi connectivity index (χ2v) is 3.01. The zero-order valence-electron chi connectivity index (χ0n) is 8.80. The molecule has 82 valence electrons. The Labute approximate surface area is 88.0 Å². The lowest BCUT2D eigenvalue weighted by Gasteiger charge is -2.04. The van der Waals surface area contributed by atoms with E-state index in [9.17, 15) is 9.90 Å². The maximum Gasteiger partial charge on any atom is 0.359 e. The van der Waals surface area contributed by atoms with Gasteiger partial charge >= 0.3 is 5.97 Å². The van der Waals surface area contributed by atoms with Gasteiger partial charge in [-0.15, -0.1) is 6.58 Å². The zero-order chi connectivity index (χ0) is 11.4. The summed E-state index contributed by atoms with van der Waals surface area (Å²) in [7, 11) is 1.67. The average Bonchev–Trinajstić information content (AvgIpc) is 2.59. The average molecular weight is 210 g/mol. The molecule has 1 heterocycles. The molecule has 1 aromatic rings. The Morgan fingerprint density at radius 1 is 1.87 bits per heavy atom. The van der Waals surface area contributed by atoms with E-state index in [-0.39, 0.29) is 12.3 Å². The second-order valence-electron chi connectivity index (χ2n) is 3.01. The summed E-state index contributed by atoms with van der Waals surface area (Å²) < 4.78 is 6.27. The Kier molecular flexibility index (Phi) is 3.62. The number of rotatable bonds is 4. The van der Waals surface area contributed by atoms with Crippen molar-refractivity contribution in [2.75, 3.05) is 6.61 Å². The third-order valence-electron chi connectivity index (χ3n) is 1.87. The number of carbonyl (C=O) groups is 1. The number of esters is 1. The highest BCUT2D eigenvalue weighted by Crippen LogP contribution is 2.18. The number of ether oxygens (including phenoxy) is 1. The van der Waals surface area contributed by atoms with Crippen LogP contribution in [0.1, 0.15) is 29.1 Å². The van der Waals surface area contributed by atoms with Gasteiger partial charge in [-0.2, -0.15) is 5.10 Å². The Balaban J connectivity index is 3.05. The summed E-state index contributed by atoms with van der Waals surface area (Å²) in [4.78, 5) is 11.5. The first-order chi connectivity index (χ1) is 7.10. The van der Waals surface area contributed by atoms with Gasteiger partial charge in [0.25, 0.3) is 0 Å². The van der Waals surface area contributed by atoms with Gasteiger partial charge in [-0.3, -0.25) is 4.68 Å². The highest BCUT2D eigenvalue weighted by atomic mass is 16.5. The van der Waals surface area contributed by atoms with Crippen LogP contribution in [0.3, 0.4) is 0 Å². The van der Waals surface area contributed by atoms with Gasteiger partial charge in [-0.1, -0.05) is 6.08 Å². The maximum absolute atomic E-state index is 11.5. The first-order valence-electron chi connectivity index (χ1n) is 4.61. The van der Waals surface area contributed by atoms with E-state index in [0.29, 0.717) is 5.56 Å². The highest BCUT2D eigenvalue weighted by Gasteiger charge is 2.20. The van der Waals surface area contributed by atoms with Gasteiger partial charge in [0.2, 0.25) is 0 Å². The van der Waals surface area contributed by atoms with E-state index < -0.39 is 12.1 Å². The largest absolute Gasteiger partial charge is 0.461 e. The second kappa shape index (κ2) is 4.75. The molecule has 1 aromatic heterocycles. The minimum atomic E-state index is -0.905. The van der Waals surface area contributed by atoms with Gasteiger partial charge in [-0.25, -0.2) is 4.79 Å². The summed E-state index contributed by atoms with van der Waals surface area (Å²) in [6.07, 6.45) is 2.00. The first kappa shape index (κ1) is 11.5. The molecule has 0 radical (unpaired) electrons. The number of aliphatic hydroxyl groups excluding tert-OH is 1. The van der Waals surface area contributed by atoms with E-state index in [1.165, 1.54) is 10.8 Å². The van der Waals surface area contributed by atoms with Crippen LogP contribution in [0.5, 0.6) is 0 Å². The summed E-state index contributed by atoms with van der Waals surface area (Å²) in [5.74, 6) is -0.533. The molecule has 0 bridgehead atoms. The van der Waals surface area contributed by atoms with Crippen molar-refractivity contribution < 1.29 is 14.6 Å². The topological polar surface area (TPSA) is 64.3 Å². The lowest BCUT2D eigenvalue weighted by Crippen LogP contribution is -2.09. The molecule has 5 nitrogen and oxygen atoms in total.